The van der Waals surface area contributed by atoms with Gasteiger partial charge in [-0.2, -0.15) is 4.79 Å². The molecule has 1 fully saturated rings. The molecule has 1 aliphatic rings. The minimum absolute atomic E-state index is 0.0252. The van der Waals surface area contributed by atoms with Gasteiger partial charge in [-0.15, -0.1) is 0 Å². The molecule has 0 spiro atoms. The molecular weight excluding hydrogens is 152 g/mol. The molecule has 1 rings (SSSR count). The Morgan fingerprint density at radius 2 is 1.92 bits per heavy atom. The SMILES string of the molecule is CC(=[N+]=[N-])C(=O)C1CCCCC1. The molecule has 0 heterocycles. The van der Waals surface area contributed by atoms with Crippen molar-refractivity contribution in [2.45, 2.75) is 39.0 Å². The van der Waals surface area contributed by atoms with Gasteiger partial charge in [0.2, 0.25) is 5.78 Å². The van der Waals surface area contributed by atoms with Gasteiger partial charge in [-0.25, -0.2) is 0 Å². The second-order valence-corrected chi connectivity index (χ2v) is 3.38. The summed E-state index contributed by atoms with van der Waals surface area (Å²) >= 11 is 0. The topological polar surface area (TPSA) is 53.5 Å². The second kappa shape index (κ2) is 4.17. The second-order valence-electron chi connectivity index (χ2n) is 3.38. The molecular formula is C9H14N2O. The molecule has 0 aromatic carbocycles. The first kappa shape index (κ1) is 9.14. The Labute approximate surface area is 72.4 Å². The quantitative estimate of drug-likeness (QED) is 0.350. The zero-order valence-electron chi connectivity index (χ0n) is 7.42. The van der Waals surface area contributed by atoms with Gasteiger partial charge in [0.05, 0.1) is 0 Å². The van der Waals surface area contributed by atoms with Gasteiger partial charge in [0.1, 0.15) is 0 Å². The van der Waals surface area contributed by atoms with Crippen molar-refractivity contribution in [3.63, 3.8) is 0 Å². The van der Waals surface area contributed by atoms with Gasteiger partial charge >= 0.3 is 5.71 Å². The van der Waals surface area contributed by atoms with Crippen molar-refractivity contribution < 1.29 is 9.58 Å². The van der Waals surface area contributed by atoms with E-state index < -0.39 is 0 Å². The monoisotopic (exact) mass is 166 g/mol. The fourth-order valence-electron chi connectivity index (χ4n) is 1.71. The van der Waals surface area contributed by atoms with E-state index in [-0.39, 0.29) is 17.4 Å². The van der Waals surface area contributed by atoms with Crippen molar-refractivity contribution in [3.8, 4) is 0 Å². The van der Waals surface area contributed by atoms with Crippen LogP contribution in [0.15, 0.2) is 0 Å². The third kappa shape index (κ3) is 2.02. The fourth-order valence-corrected chi connectivity index (χ4v) is 1.71. The Hall–Kier alpha value is -0.950. The Kier molecular flexibility index (Phi) is 3.18. The van der Waals surface area contributed by atoms with Crippen molar-refractivity contribution in [2.75, 3.05) is 0 Å². The number of hydrogen-bond donors (Lipinski definition) is 0. The Balaban J connectivity index is 2.56. The number of Topliss-reactive ketones (excluding diaryl/α,β-unsaturated/α-hetero) is 1. The maximum Gasteiger partial charge on any atom is 0.331 e. The Morgan fingerprint density at radius 3 is 2.42 bits per heavy atom. The standard InChI is InChI=1S/C9H14N2O/c1-7(11-10)9(12)8-5-3-2-4-6-8/h8H,2-6H2,1H3. The highest BCUT2D eigenvalue weighted by Gasteiger charge is 2.26. The number of carbonyl (C=O) groups is 1. The van der Waals surface area contributed by atoms with Crippen LogP contribution in [-0.2, 0) is 4.79 Å². The minimum atomic E-state index is 0.0252. The maximum absolute atomic E-state index is 11.4. The smallest absolute Gasteiger partial charge is 0.331 e. The van der Waals surface area contributed by atoms with E-state index in [0.29, 0.717) is 0 Å². The van der Waals surface area contributed by atoms with E-state index in [0.717, 1.165) is 25.7 Å². The lowest BCUT2D eigenvalue weighted by molar-refractivity contribution is -0.121. The van der Waals surface area contributed by atoms with E-state index >= 15 is 0 Å². The van der Waals surface area contributed by atoms with E-state index in [9.17, 15) is 4.79 Å². The van der Waals surface area contributed by atoms with Crippen molar-refractivity contribution in [1.29, 1.82) is 0 Å². The van der Waals surface area contributed by atoms with Gasteiger partial charge in [0.15, 0.2) is 0 Å². The summed E-state index contributed by atoms with van der Waals surface area (Å²) in [6.07, 6.45) is 5.43. The molecule has 1 saturated carbocycles. The summed E-state index contributed by atoms with van der Waals surface area (Å²) in [5, 5.41) is 0. The van der Waals surface area contributed by atoms with Crippen LogP contribution in [0.5, 0.6) is 0 Å². The molecule has 0 bridgehead atoms. The van der Waals surface area contributed by atoms with Crippen LogP contribution in [0.4, 0.5) is 0 Å². The largest absolute Gasteiger partial charge is 0.361 e. The van der Waals surface area contributed by atoms with Crippen LogP contribution in [-0.4, -0.2) is 16.3 Å². The van der Waals surface area contributed by atoms with E-state index in [1.807, 2.05) is 0 Å². The molecule has 0 atom stereocenters. The van der Waals surface area contributed by atoms with E-state index in [1.165, 1.54) is 6.42 Å². The van der Waals surface area contributed by atoms with Crippen molar-refractivity contribution in [1.82, 2.24) is 0 Å². The number of hydrogen-bond acceptors (Lipinski definition) is 1. The maximum atomic E-state index is 11.4. The average molecular weight is 166 g/mol. The molecule has 0 aliphatic heterocycles. The first-order chi connectivity index (χ1) is 5.75. The summed E-state index contributed by atoms with van der Waals surface area (Å²) in [7, 11) is 0. The minimum Gasteiger partial charge on any atom is -0.361 e. The first-order valence-electron chi connectivity index (χ1n) is 4.48. The van der Waals surface area contributed by atoms with Gasteiger partial charge in [0, 0.05) is 12.8 Å². The molecule has 3 nitrogen and oxygen atoms in total. The molecule has 0 amide bonds. The number of nitrogens with zero attached hydrogens (tertiary/aromatic N) is 2. The predicted molar refractivity (Wildman–Crippen MR) is 45.9 cm³/mol. The van der Waals surface area contributed by atoms with Gasteiger partial charge in [-0.3, -0.25) is 4.79 Å². The van der Waals surface area contributed by atoms with Crippen LogP contribution in [0.25, 0.3) is 5.53 Å². The number of ketones is 1. The third-order valence-corrected chi connectivity index (χ3v) is 2.48. The van der Waals surface area contributed by atoms with E-state index in [4.69, 9.17) is 5.53 Å². The van der Waals surface area contributed by atoms with Crippen LogP contribution in [0.2, 0.25) is 0 Å². The first-order valence-corrected chi connectivity index (χ1v) is 4.48. The summed E-state index contributed by atoms with van der Waals surface area (Å²) in [4.78, 5) is 14.4. The van der Waals surface area contributed by atoms with Crippen LogP contribution in [0.3, 0.4) is 0 Å². The summed E-state index contributed by atoms with van der Waals surface area (Å²) < 4.78 is 0. The van der Waals surface area contributed by atoms with E-state index in [2.05, 4.69) is 4.79 Å². The molecule has 0 radical (unpaired) electrons. The van der Waals surface area contributed by atoms with E-state index in [1.54, 1.807) is 6.92 Å². The number of carbonyl (C=O) groups excluding carboxylic acids is 1. The number of rotatable bonds is 2. The van der Waals surface area contributed by atoms with Crippen molar-refractivity contribution in [3.05, 3.63) is 5.53 Å². The molecule has 66 valence electrons. The molecule has 0 aromatic rings. The van der Waals surface area contributed by atoms with Gasteiger partial charge in [-0.05, 0) is 12.8 Å². The zero-order valence-corrected chi connectivity index (χ0v) is 7.42. The molecule has 12 heavy (non-hydrogen) atoms. The normalized spacial score (nSPS) is 18.4. The summed E-state index contributed by atoms with van der Waals surface area (Å²) in [5.74, 6) is 0.145. The Morgan fingerprint density at radius 1 is 1.33 bits per heavy atom. The molecule has 0 aromatic heterocycles. The lowest BCUT2D eigenvalue weighted by Gasteiger charge is -2.17. The summed E-state index contributed by atoms with van der Waals surface area (Å²) in [6.45, 7) is 1.57. The molecule has 0 saturated heterocycles. The fraction of sp³-hybridized carbons (Fsp3) is 0.778. The van der Waals surface area contributed by atoms with Gasteiger partial charge < -0.3 is 5.53 Å². The zero-order chi connectivity index (χ0) is 8.97. The molecule has 1 aliphatic carbocycles. The molecule has 0 N–H and O–H groups in total. The lowest BCUT2D eigenvalue weighted by Crippen LogP contribution is -2.24. The highest BCUT2D eigenvalue weighted by molar-refractivity contribution is 6.37. The summed E-state index contributed by atoms with van der Waals surface area (Å²) in [5.41, 5.74) is 8.65. The van der Waals surface area contributed by atoms with Crippen LogP contribution < -0.4 is 0 Å². The third-order valence-electron chi connectivity index (χ3n) is 2.48. The van der Waals surface area contributed by atoms with Crippen molar-refractivity contribution in [2.24, 2.45) is 5.92 Å². The molecule has 3 heteroatoms. The van der Waals surface area contributed by atoms with Crippen LogP contribution >= 0.6 is 0 Å². The molecule has 0 unspecified atom stereocenters. The van der Waals surface area contributed by atoms with Gasteiger partial charge in [0.25, 0.3) is 0 Å². The van der Waals surface area contributed by atoms with Gasteiger partial charge in [-0.1, -0.05) is 19.3 Å². The van der Waals surface area contributed by atoms with Crippen LogP contribution in [0.1, 0.15) is 39.0 Å². The van der Waals surface area contributed by atoms with Crippen molar-refractivity contribution >= 4 is 11.5 Å². The summed E-state index contributed by atoms with van der Waals surface area (Å²) in [6, 6.07) is 0. The predicted octanol–water partition coefficient (Wildman–Crippen LogP) is 1.83. The highest BCUT2D eigenvalue weighted by Crippen LogP contribution is 2.24. The Bertz CT molecular complexity index is 223. The van der Waals surface area contributed by atoms with Crippen LogP contribution in [0, 0.1) is 5.92 Å². The average Bonchev–Trinajstić information content (AvgIpc) is 2.17. The highest BCUT2D eigenvalue weighted by atomic mass is 16.1. The lowest BCUT2D eigenvalue weighted by atomic mass is 9.85.